The Morgan fingerprint density at radius 3 is 2.56 bits per heavy atom. The van der Waals surface area contributed by atoms with Gasteiger partial charge >= 0.3 is 5.97 Å². The van der Waals surface area contributed by atoms with E-state index >= 15 is 0 Å². The predicted octanol–water partition coefficient (Wildman–Crippen LogP) is 4.31. The summed E-state index contributed by atoms with van der Waals surface area (Å²) in [7, 11) is 0. The molecule has 0 amide bonds. The van der Waals surface area contributed by atoms with E-state index < -0.39 is 5.97 Å². The molecule has 1 aromatic carbocycles. The Balaban J connectivity index is 2.59. The lowest BCUT2D eigenvalue weighted by Crippen LogP contribution is -2.10. The molecule has 3 nitrogen and oxygen atoms in total. The van der Waals surface area contributed by atoms with Crippen LogP contribution in [-0.2, 0) is 4.74 Å². The van der Waals surface area contributed by atoms with Crippen LogP contribution < -0.4 is 5.73 Å². The summed E-state index contributed by atoms with van der Waals surface area (Å²) >= 11 is 11.8. The molecule has 18 heavy (non-hydrogen) atoms. The van der Waals surface area contributed by atoms with Crippen LogP contribution in [0.25, 0.3) is 0 Å². The first-order valence-corrected chi connectivity index (χ1v) is 6.74. The summed E-state index contributed by atoms with van der Waals surface area (Å²) < 4.78 is 5.13. The number of nitrogen functional groups attached to an aromatic ring is 1. The molecule has 0 atom stereocenters. The van der Waals surface area contributed by atoms with Gasteiger partial charge in [-0.15, -0.1) is 0 Å². The third-order valence-electron chi connectivity index (χ3n) is 2.58. The van der Waals surface area contributed by atoms with E-state index in [4.69, 9.17) is 33.7 Å². The zero-order valence-corrected chi connectivity index (χ0v) is 11.9. The molecule has 2 N–H and O–H groups in total. The van der Waals surface area contributed by atoms with E-state index in [-0.39, 0.29) is 16.3 Å². The fraction of sp³-hybridized carbons (Fsp3) is 0.462. The number of benzene rings is 1. The third kappa shape index (κ3) is 4.07. The number of carbonyl (C=O) groups excluding carboxylic acids is 1. The Morgan fingerprint density at radius 2 is 1.89 bits per heavy atom. The molecular formula is C13H17Cl2NO2. The molecule has 0 aliphatic heterocycles. The second kappa shape index (κ2) is 7.49. The highest BCUT2D eigenvalue weighted by molar-refractivity contribution is 6.38. The zero-order valence-electron chi connectivity index (χ0n) is 10.3. The summed E-state index contributed by atoms with van der Waals surface area (Å²) in [4.78, 5) is 11.8. The molecule has 0 bridgehead atoms. The van der Waals surface area contributed by atoms with Crippen molar-refractivity contribution in [3.63, 3.8) is 0 Å². The summed E-state index contributed by atoms with van der Waals surface area (Å²) in [5, 5.41) is 0.563. The molecule has 0 aliphatic rings. The lowest BCUT2D eigenvalue weighted by Gasteiger charge is -2.09. The summed E-state index contributed by atoms with van der Waals surface area (Å²) in [5.41, 5.74) is 6.04. The first-order chi connectivity index (χ1) is 8.57. The van der Waals surface area contributed by atoms with Gasteiger partial charge in [0.05, 0.1) is 22.3 Å². The lowest BCUT2D eigenvalue weighted by atomic mass is 10.2. The molecule has 1 aromatic rings. The van der Waals surface area contributed by atoms with Crippen LogP contribution >= 0.6 is 23.2 Å². The minimum atomic E-state index is -0.517. The Labute approximate surface area is 117 Å². The summed E-state index contributed by atoms with van der Waals surface area (Å²) in [6.07, 6.45) is 4.17. The molecule has 0 aromatic heterocycles. The smallest absolute Gasteiger partial charge is 0.341 e. The maximum Gasteiger partial charge on any atom is 0.341 e. The number of unbranched alkanes of at least 4 members (excludes halogenated alkanes) is 3. The lowest BCUT2D eigenvalue weighted by molar-refractivity contribution is 0.0499. The van der Waals surface area contributed by atoms with Crippen LogP contribution in [0, 0.1) is 0 Å². The van der Waals surface area contributed by atoms with Crippen LogP contribution in [-0.4, -0.2) is 12.6 Å². The maximum absolute atomic E-state index is 11.8. The van der Waals surface area contributed by atoms with Crippen molar-refractivity contribution in [2.45, 2.75) is 32.6 Å². The highest BCUT2D eigenvalue weighted by atomic mass is 35.5. The van der Waals surface area contributed by atoms with E-state index in [2.05, 4.69) is 6.92 Å². The third-order valence-corrected chi connectivity index (χ3v) is 3.22. The molecule has 0 fully saturated rings. The fourth-order valence-corrected chi connectivity index (χ4v) is 1.94. The van der Waals surface area contributed by atoms with Crippen molar-refractivity contribution in [3.05, 3.63) is 27.7 Å². The van der Waals surface area contributed by atoms with Gasteiger partial charge in [-0.3, -0.25) is 0 Å². The van der Waals surface area contributed by atoms with Gasteiger partial charge in [-0.05, 0) is 18.6 Å². The Kier molecular flexibility index (Phi) is 6.30. The summed E-state index contributed by atoms with van der Waals surface area (Å²) in [6, 6.07) is 3.09. The molecule has 0 saturated heterocycles. The second-order valence-electron chi connectivity index (χ2n) is 4.01. The molecule has 100 valence electrons. The fourth-order valence-electron chi connectivity index (χ4n) is 1.54. The van der Waals surface area contributed by atoms with E-state index in [0.717, 1.165) is 25.7 Å². The standard InChI is InChI=1S/C13H17Cl2NO2/c1-2-3-4-5-8-18-13(17)11-9(14)6-7-10(15)12(11)16/h6-7H,2-5,8,16H2,1H3. The number of nitrogens with two attached hydrogens (primary N) is 1. The number of hydrogen-bond donors (Lipinski definition) is 1. The van der Waals surface area contributed by atoms with Crippen LogP contribution in [0.5, 0.6) is 0 Å². The van der Waals surface area contributed by atoms with Gasteiger partial charge in [0.1, 0.15) is 5.56 Å². The predicted molar refractivity (Wildman–Crippen MR) is 75.3 cm³/mol. The monoisotopic (exact) mass is 289 g/mol. The van der Waals surface area contributed by atoms with Crippen LogP contribution in [0.15, 0.2) is 12.1 Å². The van der Waals surface area contributed by atoms with E-state index in [1.807, 2.05) is 0 Å². The van der Waals surface area contributed by atoms with Gasteiger partial charge in [0.25, 0.3) is 0 Å². The van der Waals surface area contributed by atoms with Crippen molar-refractivity contribution < 1.29 is 9.53 Å². The number of esters is 1. The van der Waals surface area contributed by atoms with Crippen molar-refractivity contribution in [2.24, 2.45) is 0 Å². The molecule has 5 heteroatoms. The largest absolute Gasteiger partial charge is 0.462 e. The van der Waals surface area contributed by atoms with Gasteiger partial charge in [0.2, 0.25) is 0 Å². The second-order valence-corrected chi connectivity index (χ2v) is 4.83. The summed E-state index contributed by atoms with van der Waals surface area (Å²) in [5.74, 6) is -0.517. The Morgan fingerprint density at radius 1 is 1.22 bits per heavy atom. The molecule has 0 aliphatic carbocycles. The van der Waals surface area contributed by atoms with E-state index in [9.17, 15) is 4.79 Å². The van der Waals surface area contributed by atoms with Crippen LogP contribution in [0.3, 0.4) is 0 Å². The molecule has 0 heterocycles. The van der Waals surface area contributed by atoms with Crippen molar-refractivity contribution >= 4 is 34.9 Å². The number of anilines is 1. The van der Waals surface area contributed by atoms with Gasteiger partial charge in [-0.25, -0.2) is 4.79 Å². The van der Waals surface area contributed by atoms with Crippen molar-refractivity contribution in [3.8, 4) is 0 Å². The number of hydrogen-bond acceptors (Lipinski definition) is 3. The maximum atomic E-state index is 11.8. The number of rotatable bonds is 6. The molecule has 0 unspecified atom stereocenters. The van der Waals surface area contributed by atoms with Crippen molar-refractivity contribution in [1.82, 2.24) is 0 Å². The minimum Gasteiger partial charge on any atom is -0.462 e. The topological polar surface area (TPSA) is 52.3 Å². The van der Waals surface area contributed by atoms with Crippen molar-refractivity contribution in [1.29, 1.82) is 0 Å². The van der Waals surface area contributed by atoms with Gasteiger partial charge in [-0.2, -0.15) is 0 Å². The van der Waals surface area contributed by atoms with Crippen molar-refractivity contribution in [2.75, 3.05) is 12.3 Å². The SMILES string of the molecule is CCCCCCOC(=O)c1c(Cl)ccc(Cl)c1N. The van der Waals surface area contributed by atoms with Crippen LogP contribution in [0.4, 0.5) is 5.69 Å². The zero-order chi connectivity index (χ0) is 13.5. The number of carbonyl (C=O) groups is 1. The van der Waals surface area contributed by atoms with E-state index in [1.54, 1.807) is 6.07 Å². The average Bonchev–Trinajstić information content (AvgIpc) is 2.34. The molecule has 0 spiro atoms. The molecule has 0 saturated carbocycles. The van der Waals surface area contributed by atoms with Gasteiger partial charge in [0.15, 0.2) is 0 Å². The van der Waals surface area contributed by atoms with Crippen LogP contribution in [0.1, 0.15) is 43.0 Å². The van der Waals surface area contributed by atoms with E-state index in [0.29, 0.717) is 11.6 Å². The quantitative estimate of drug-likeness (QED) is 0.482. The minimum absolute atomic E-state index is 0.152. The highest BCUT2D eigenvalue weighted by Crippen LogP contribution is 2.29. The van der Waals surface area contributed by atoms with Gasteiger partial charge in [0, 0.05) is 0 Å². The van der Waals surface area contributed by atoms with E-state index in [1.165, 1.54) is 6.07 Å². The molecular weight excluding hydrogens is 273 g/mol. The number of halogens is 2. The first kappa shape index (κ1) is 15.1. The Bertz CT molecular complexity index is 422. The van der Waals surface area contributed by atoms with Gasteiger partial charge in [-0.1, -0.05) is 49.4 Å². The van der Waals surface area contributed by atoms with Crippen LogP contribution in [0.2, 0.25) is 10.0 Å². The number of ether oxygens (including phenoxy) is 1. The average molecular weight is 290 g/mol. The normalized spacial score (nSPS) is 10.4. The Hall–Kier alpha value is -0.930. The molecule has 0 radical (unpaired) electrons. The highest BCUT2D eigenvalue weighted by Gasteiger charge is 2.17. The first-order valence-electron chi connectivity index (χ1n) is 5.98. The van der Waals surface area contributed by atoms with Gasteiger partial charge < -0.3 is 10.5 Å². The molecule has 1 rings (SSSR count). The summed E-state index contributed by atoms with van der Waals surface area (Å²) in [6.45, 7) is 2.50.